The van der Waals surface area contributed by atoms with Crippen LogP contribution in [0.5, 0.6) is 5.75 Å². The third kappa shape index (κ3) is 8.42. The first-order chi connectivity index (χ1) is 22.0. The number of nitrogens with zero attached hydrogens (tertiary/aromatic N) is 3. The van der Waals surface area contributed by atoms with Crippen molar-refractivity contribution in [3.8, 4) is 5.75 Å². The molecule has 1 aliphatic carbocycles. The van der Waals surface area contributed by atoms with Gasteiger partial charge in [0.25, 0.3) is 15.7 Å². The third-order valence-electron chi connectivity index (χ3n) is 8.43. The van der Waals surface area contributed by atoms with Crippen molar-refractivity contribution in [1.29, 1.82) is 0 Å². The molecule has 0 bridgehead atoms. The lowest BCUT2D eigenvalue weighted by atomic mass is 9.95. The molecule has 4 rings (SSSR count). The number of hydrogen-bond acceptors (Lipinski definition) is 7. The number of methoxy groups -OCH3 is 1. The largest absolute Gasteiger partial charge is 0.497 e. The van der Waals surface area contributed by atoms with Crippen molar-refractivity contribution in [2.75, 3.05) is 24.5 Å². The zero-order valence-electron chi connectivity index (χ0n) is 26.6. The van der Waals surface area contributed by atoms with Crippen molar-refractivity contribution in [3.63, 3.8) is 0 Å². The standard InChI is InChI=1S/C34H42N4O7S/c1-4-31(34(40)35-27-13-9-6-10-14-27)36(22-21-26-11-7-5-8-12-26)33(39)24-37(28-16-18-29(45-3)19-17-28)46(43,44)30-20-15-25(2)32(23-30)38(41)42/h5,7-8,11-12,15-20,23,27,31H,4,6,9-10,13-14,21-22,24H2,1-3H3,(H,35,40)/t31-/m0/s1. The molecule has 2 amide bonds. The van der Waals surface area contributed by atoms with E-state index in [0.717, 1.165) is 48.0 Å². The van der Waals surface area contributed by atoms with Crippen LogP contribution in [0.2, 0.25) is 0 Å². The van der Waals surface area contributed by atoms with Crippen molar-refractivity contribution in [2.45, 2.75) is 75.8 Å². The van der Waals surface area contributed by atoms with Gasteiger partial charge in [0.1, 0.15) is 18.3 Å². The van der Waals surface area contributed by atoms with Gasteiger partial charge in [0.15, 0.2) is 0 Å². The van der Waals surface area contributed by atoms with Crippen molar-refractivity contribution < 1.29 is 27.7 Å². The molecular weight excluding hydrogens is 608 g/mol. The van der Waals surface area contributed by atoms with Crippen LogP contribution in [0.25, 0.3) is 0 Å². The van der Waals surface area contributed by atoms with Crippen molar-refractivity contribution in [3.05, 3.63) is 94.0 Å². The summed E-state index contributed by atoms with van der Waals surface area (Å²) in [5.74, 6) is -0.347. The number of carbonyl (C=O) groups excluding carboxylic acids is 2. The monoisotopic (exact) mass is 650 g/mol. The first-order valence-electron chi connectivity index (χ1n) is 15.6. The molecule has 12 heteroatoms. The highest BCUT2D eigenvalue weighted by Crippen LogP contribution is 2.29. The Morgan fingerprint density at radius 1 is 1.02 bits per heavy atom. The summed E-state index contributed by atoms with van der Waals surface area (Å²) in [6, 6.07) is 18.6. The fourth-order valence-corrected chi connectivity index (χ4v) is 7.23. The first kappa shape index (κ1) is 34.4. The Morgan fingerprint density at radius 3 is 2.30 bits per heavy atom. The Kier molecular flexibility index (Phi) is 11.8. The van der Waals surface area contributed by atoms with Crippen LogP contribution in [0.4, 0.5) is 11.4 Å². The van der Waals surface area contributed by atoms with E-state index in [0.29, 0.717) is 24.2 Å². The van der Waals surface area contributed by atoms with Crippen LogP contribution in [-0.2, 0) is 26.0 Å². The number of hydrogen-bond donors (Lipinski definition) is 1. The maximum atomic E-state index is 14.3. The van der Waals surface area contributed by atoms with E-state index in [1.54, 1.807) is 12.1 Å². The molecule has 3 aromatic carbocycles. The number of aryl methyl sites for hydroxylation is 1. The van der Waals surface area contributed by atoms with Gasteiger partial charge >= 0.3 is 0 Å². The minimum Gasteiger partial charge on any atom is -0.497 e. The van der Waals surface area contributed by atoms with Gasteiger partial charge in [-0.3, -0.25) is 24.0 Å². The molecule has 0 radical (unpaired) electrons. The van der Waals surface area contributed by atoms with Crippen molar-refractivity contribution in [1.82, 2.24) is 10.2 Å². The number of carbonyl (C=O) groups is 2. The van der Waals surface area contributed by atoms with E-state index in [1.807, 2.05) is 37.3 Å². The molecule has 0 heterocycles. The smallest absolute Gasteiger partial charge is 0.273 e. The average Bonchev–Trinajstić information content (AvgIpc) is 3.06. The van der Waals surface area contributed by atoms with Gasteiger partial charge in [-0.1, -0.05) is 62.6 Å². The molecule has 0 unspecified atom stereocenters. The summed E-state index contributed by atoms with van der Waals surface area (Å²) in [6.07, 6.45) is 5.75. The lowest BCUT2D eigenvalue weighted by molar-refractivity contribution is -0.385. The highest BCUT2D eigenvalue weighted by molar-refractivity contribution is 7.92. The van der Waals surface area contributed by atoms with Gasteiger partial charge in [0, 0.05) is 24.2 Å². The molecule has 1 atom stereocenters. The summed E-state index contributed by atoms with van der Waals surface area (Å²) in [7, 11) is -3.00. The van der Waals surface area contributed by atoms with E-state index >= 15 is 0 Å². The van der Waals surface area contributed by atoms with Gasteiger partial charge in [-0.15, -0.1) is 0 Å². The van der Waals surface area contributed by atoms with Crippen LogP contribution in [0.15, 0.2) is 77.7 Å². The summed E-state index contributed by atoms with van der Waals surface area (Å²) in [4.78, 5) is 40.1. The predicted octanol–water partition coefficient (Wildman–Crippen LogP) is 5.41. The van der Waals surface area contributed by atoms with Crippen molar-refractivity contribution >= 4 is 33.2 Å². The Hall–Kier alpha value is -4.45. The van der Waals surface area contributed by atoms with Crippen molar-refractivity contribution in [2.24, 2.45) is 0 Å². The summed E-state index contributed by atoms with van der Waals surface area (Å²) < 4.78 is 34.5. The van der Waals surface area contributed by atoms with Gasteiger partial charge in [0.2, 0.25) is 11.8 Å². The molecule has 0 aliphatic heterocycles. The van der Waals surface area contributed by atoms with E-state index in [-0.39, 0.29) is 34.8 Å². The molecule has 0 saturated heterocycles. The lowest BCUT2D eigenvalue weighted by Crippen LogP contribution is -2.54. The minimum absolute atomic E-state index is 0.0369. The van der Waals surface area contributed by atoms with E-state index < -0.39 is 33.4 Å². The van der Waals surface area contributed by atoms with Crippen LogP contribution in [-0.4, -0.2) is 62.3 Å². The number of nitrogens with one attached hydrogen (secondary N) is 1. The zero-order valence-corrected chi connectivity index (χ0v) is 27.4. The van der Waals surface area contributed by atoms with Crippen LogP contribution in [0.1, 0.15) is 56.6 Å². The molecule has 11 nitrogen and oxygen atoms in total. The number of nitro groups is 1. The highest BCUT2D eigenvalue weighted by atomic mass is 32.2. The summed E-state index contributed by atoms with van der Waals surface area (Å²) >= 11 is 0. The molecule has 1 fully saturated rings. The van der Waals surface area contributed by atoms with Crippen LogP contribution in [0, 0.1) is 17.0 Å². The van der Waals surface area contributed by atoms with Gasteiger partial charge < -0.3 is 15.0 Å². The van der Waals surface area contributed by atoms with Gasteiger partial charge in [-0.05, 0) is 68.5 Å². The maximum Gasteiger partial charge on any atom is 0.273 e. The number of benzene rings is 3. The molecule has 246 valence electrons. The average molecular weight is 651 g/mol. The number of nitro benzene ring substituents is 1. The number of rotatable bonds is 14. The maximum absolute atomic E-state index is 14.3. The normalized spacial score (nSPS) is 14.2. The second-order valence-corrected chi connectivity index (χ2v) is 13.4. The SMILES string of the molecule is CC[C@@H](C(=O)NC1CCCCC1)N(CCc1ccccc1)C(=O)CN(c1ccc(OC)cc1)S(=O)(=O)c1ccc(C)c([N+](=O)[O-])c1. The van der Waals surface area contributed by atoms with Crippen LogP contribution < -0.4 is 14.4 Å². The topological polar surface area (TPSA) is 139 Å². The van der Waals surface area contributed by atoms with Gasteiger partial charge in [-0.2, -0.15) is 0 Å². The zero-order chi connectivity index (χ0) is 33.3. The van der Waals surface area contributed by atoms with E-state index in [9.17, 15) is 28.1 Å². The molecule has 0 spiro atoms. The van der Waals surface area contributed by atoms with E-state index in [2.05, 4.69) is 5.32 Å². The number of ether oxygens (including phenoxy) is 1. The fourth-order valence-electron chi connectivity index (χ4n) is 5.79. The second-order valence-electron chi connectivity index (χ2n) is 11.5. The second kappa shape index (κ2) is 15.7. The Balaban J connectivity index is 1.71. The lowest BCUT2D eigenvalue weighted by Gasteiger charge is -2.34. The molecule has 1 saturated carbocycles. The predicted molar refractivity (Wildman–Crippen MR) is 176 cm³/mol. The summed E-state index contributed by atoms with van der Waals surface area (Å²) in [5, 5.41) is 14.8. The molecular formula is C34H42N4O7S. The highest BCUT2D eigenvalue weighted by Gasteiger charge is 2.35. The number of anilines is 1. The molecule has 46 heavy (non-hydrogen) atoms. The fraction of sp³-hybridized carbons (Fsp3) is 0.412. The van der Waals surface area contributed by atoms with E-state index in [1.165, 1.54) is 43.2 Å². The number of sulfonamides is 1. The molecule has 1 aliphatic rings. The Bertz CT molecular complexity index is 1610. The Morgan fingerprint density at radius 2 is 1.70 bits per heavy atom. The molecule has 1 N–H and O–H groups in total. The minimum atomic E-state index is -4.48. The van der Waals surface area contributed by atoms with Gasteiger partial charge in [0.05, 0.1) is 22.6 Å². The first-order valence-corrected chi connectivity index (χ1v) is 17.0. The Labute approximate surface area is 270 Å². The number of amides is 2. The van der Waals surface area contributed by atoms with Crippen LogP contribution in [0.3, 0.4) is 0 Å². The van der Waals surface area contributed by atoms with Gasteiger partial charge in [-0.25, -0.2) is 8.42 Å². The summed E-state index contributed by atoms with van der Waals surface area (Å²) in [6.45, 7) is 2.91. The third-order valence-corrected chi connectivity index (χ3v) is 10.2. The quantitative estimate of drug-likeness (QED) is 0.182. The molecule has 0 aromatic heterocycles. The van der Waals surface area contributed by atoms with E-state index in [4.69, 9.17) is 4.74 Å². The summed E-state index contributed by atoms with van der Waals surface area (Å²) in [5.41, 5.74) is 1.09. The van der Waals surface area contributed by atoms with Crippen LogP contribution >= 0.6 is 0 Å². The molecule has 3 aromatic rings.